The molecule has 0 amide bonds. The molecule has 2 fully saturated rings. The summed E-state index contributed by atoms with van der Waals surface area (Å²) in [6, 6.07) is 0.416. The highest BCUT2D eigenvalue weighted by Crippen LogP contribution is 2.57. The maximum absolute atomic E-state index is 13.6. The van der Waals surface area contributed by atoms with Crippen LogP contribution in [-0.4, -0.2) is 11.8 Å². The molecule has 0 saturated heterocycles. The molecule has 3 rings (SSSR count). The summed E-state index contributed by atoms with van der Waals surface area (Å²) in [4.78, 5) is 4.27. The second kappa shape index (κ2) is 5.38. The van der Waals surface area contributed by atoms with Gasteiger partial charge in [-0.1, -0.05) is 12.2 Å². The Kier molecular flexibility index (Phi) is 3.70. The van der Waals surface area contributed by atoms with Crippen LogP contribution in [0.15, 0.2) is 53.0 Å². The molecule has 3 aliphatic carbocycles. The number of aliphatic imine (C=N–C) groups is 1. The fraction of sp³-hybridized carbons (Fsp3) is 0.500. The molecule has 2 nitrogen and oxygen atoms in total. The highest BCUT2D eigenvalue weighted by atomic mass is 19.1. The van der Waals surface area contributed by atoms with Crippen molar-refractivity contribution in [3.63, 3.8) is 0 Å². The van der Waals surface area contributed by atoms with Gasteiger partial charge in [-0.3, -0.25) is 4.99 Å². The fourth-order valence-corrected chi connectivity index (χ4v) is 3.83. The van der Waals surface area contributed by atoms with Gasteiger partial charge in [-0.2, -0.15) is 0 Å². The van der Waals surface area contributed by atoms with Gasteiger partial charge in [-0.25, -0.2) is 4.39 Å². The molecule has 0 aliphatic heterocycles. The summed E-state index contributed by atoms with van der Waals surface area (Å²) in [5.41, 5.74) is 9.49. The van der Waals surface area contributed by atoms with Crippen LogP contribution >= 0.6 is 0 Å². The summed E-state index contributed by atoms with van der Waals surface area (Å²) in [6.45, 7) is 5.76. The van der Waals surface area contributed by atoms with Crippen molar-refractivity contribution in [2.75, 3.05) is 0 Å². The molecule has 2 N–H and O–H groups in total. The van der Waals surface area contributed by atoms with Gasteiger partial charge in [0.25, 0.3) is 0 Å². The zero-order chi connectivity index (χ0) is 15.0. The number of rotatable bonds is 2. The third-order valence-electron chi connectivity index (χ3n) is 5.46. The molecule has 3 aliphatic rings. The molecule has 0 heterocycles. The molecule has 0 aromatic heterocycles. The fourth-order valence-electron chi connectivity index (χ4n) is 3.83. The summed E-state index contributed by atoms with van der Waals surface area (Å²) in [6.07, 6.45) is 12.2. The van der Waals surface area contributed by atoms with Crippen molar-refractivity contribution in [3.05, 3.63) is 48.0 Å². The van der Waals surface area contributed by atoms with Gasteiger partial charge in [-0.15, -0.1) is 0 Å². The Labute approximate surface area is 126 Å². The third-order valence-corrected chi connectivity index (χ3v) is 5.46. The van der Waals surface area contributed by atoms with E-state index in [0.29, 0.717) is 17.4 Å². The molecule has 0 radical (unpaired) electrons. The van der Waals surface area contributed by atoms with E-state index in [1.807, 2.05) is 0 Å². The van der Waals surface area contributed by atoms with Gasteiger partial charge >= 0.3 is 0 Å². The van der Waals surface area contributed by atoms with Crippen LogP contribution < -0.4 is 5.73 Å². The van der Waals surface area contributed by atoms with Crippen LogP contribution in [0, 0.1) is 11.3 Å². The third kappa shape index (κ3) is 2.67. The topological polar surface area (TPSA) is 38.4 Å². The predicted molar refractivity (Wildman–Crippen MR) is 85.6 cm³/mol. The van der Waals surface area contributed by atoms with Gasteiger partial charge in [0.15, 0.2) is 0 Å². The highest BCUT2D eigenvalue weighted by Gasteiger charge is 2.52. The first-order valence-corrected chi connectivity index (χ1v) is 7.76. The van der Waals surface area contributed by atoms with Crippen LogP contribution in [0.5, 0.6) is 0 Å². The highest BCUT2D eigenvalue weighted by molar-refractivity contribution is 6.12. The Morgan fingerprint density at radius 1 is 1.43 bits per heavy atom. The summed E-state index contributed by atoms with van der Waals surface area (Å²) in [5.74, 6) is 0.313. The first-order chi connectivity index (χ1) is 10.1. The van der Waals surface area contributed by atoms with Crippen molar-refractivity contribution >= 4 is 5.71 Å². The molecule has 3 heteroatoms. The smallest absolute Gasteiger partial charge is 0.123 e. The van der Waals surface area contributed by atoms with Crippen molar-refractivity contribution < 1.29 is 4.39 Å². The van der Waals surface area contributed by atoms with E-state index in [4.69, 9.17) is 5.73 Å². The van der Waals surface area contributed by atoms with Gasteiger partial charge in [0.2, 0.25) is 0 Å². The van der Waals surface area contributed by atoms with Gasteiger partial charge in [0, 0.05) is 17.8 Å². The zero-order valence-electron chi connectivity index (χ0n) is 12.6. The average molecular weight is 286 g/mol. The Morgan fingerprint density at radius 3 is 2.67 bits per heavy atom. The SMILES string of the molecule is C=CN=C1C=CC(F)=C/C1=C(/C)C1CCC2(CC1)CC2N. The molecule has 0 aromatic carbocycles. The quantitative estimate of drug-likeness (QED) is 0.811. The number of nitrogens with zero attached hydrogens (tertiary/aromatic N) is 1. The van der Waals surface area contributed by atoms with Crippen molar-refractivity contribution in [2.24, 2.45) is 22.1 Å². The molecule has 1 atom stereocenters. The summed E-state index contributed by atoms with van der Waals surface area (Å²) in [7, 11) is 0. The largest absolute Gasteiger partial charge is 0.327 e. The van der Waals surface area contributed by atoms with Crippen molar-refractivity contribution in [1.29, 1.82) is 0 Å². The lowest BCUT2D eigenvalue weighted by atomic mass is 9.75. The van der Waals surface area contributed by atoms with E-state index in [9.17, 15) is 4.39 Å². The maximum atomic E-state index is 13.6. The summed E-state index contributed by atoms with van der Waals surface area (Å²) in [5, 5.41) is 0. The number of nitrogens with two attached hydrogens (primary N) is 1. The Hall–Kier alpha value is -1.48. The predicted octanol–water partition coefficient (Wildman–Crippen LogP) is 4.22. The Balaban J connectivity index is 1.82. The second-order valence-electron chi connectivity index (χ2n) is 6.60. The lowest BCUT2D eigenvalue weighted by Crippen LogP contribution is -2.23. The van der Waals surface area contributed by atoms with Crippen LogP contribution in [-0.2, 0) is 0 Å². The standard InChI is InChI=1S/C18H23FN2/c1-3-21-16-5-4-14(19)10-15(16)12(2)13-6-8-18(9-7-13)11-17(18)20/h3-5,10,13,17H,1,6-9,11,20H2,2H3/b15-12+,21-16?. The number of allylic oxidation sites excluding steroid dienone is 6. The normalized spacial score (nSPS) is 39.4. The molecule has 1 spiro atoms. The van der Waals surface area contributed by atoms with E-state index in [1.54, 1.807) is 12.2 Å². The maximum Gasteiger partial charge on any atom is 0.123 e. The zero-order valence-corrected chi connectivity index (χ0v) is 12.6. The van der Waals surface area contributed by atoms with Crippen molar-refractivity contribution in [3.8, 4) is 0 Å². The Morgan fingerprint density at radius 2 is 2.10 bits per heavy atom. The average Bonchev–Trinajstić information content (AvgIpc) is 3.10. The minimum atomic E-state index is -0.205. The van der Waals surface area contributed by atoms with Crippen LogP contribution in [0.3, 0.4) is 0 Å². The first kappa shape index (κ1) is 14.5. The Bertz CT molecular complexity index is 572. The van der Waals surface area contributed by atoms with E-state index in [0.717, 1.165) is 24.1 Å². The van der Waals surface area contributed by atoms with E-state index in [1.165, 1.54) is 37.1 Å². The molecule has 0 aromatic rings. The van der Waals surface area contributed by atoms with Crippen LogP contribution in [0.1, 0.15) is 39.0 Å². The van der Waals surface area contributed by atoms with Gasteiger partial charge in [0.05, 0.1) is 5.71 Å². The molecular formula is C18H23FN2. The second-order valence-corrected chi connectivity index (χ2v) is 6.60. The minimum Gasteiger partial charge on any atom is -0.327 e. The van der Waals surface area contributed by atoms with Crippen molar-refractivity contribution in [2.45, 2.75) is 45.1 Å². The lowest BCUT2D eigenvalue weighted by molar-refractivity contribution is 0.274. The van der Waals surface area contributed by atoms with Crippen molar-refractivity contribution in [1.82, 2.24) is 0 Å². The summed E-state index contributed by atoms with van der Waals surface area (Å²) < 4.78 is 13.6. The van der Waals surface area contributed by atoms with Crippen LogP contribution in [0.2, 0.25) is 0 Å². The molecule has 1 unspecified atom stereocenters. The molecule has 2 saturated carbocycles. The first-order valence-electron chi connectivity index (χ1n) is 7.76. The summed E-state index contributed by atoms with van der Waals surface area (Å²) >= 11 is 0. The minimum absolute atomic E-state index is 0.205. The van der Waals surface area contributed by atoms with Crippen LogP contribution in [0.25, 0.3) is 0 Å². The van der Waals surface area contributed by atoms with Crippen LogP contribution in [0.4, 0.5) is 4.39 Å². The van der Waals surface area contributed by atoms with Gasteiger partial charge in [0.1, 0.15) is 5.83 Å². The number of hydrogen-bond acceptors (Lipinski definition) is 2. The molecular weight excluding hydrogens is 263 g/mol. The molecule has 21 heavy (non-hydrogen) atoms. The van der Waals surface area contributed by atoms with E-state index in [-0.39, 0.29) is 5.83 Å². The monoisotopic (exact) mass is 286 g/mol. The number of halogens is 1. The van der Waals surface area contributed by atoms with Gasteiger partial charge in [-0.05, 0) is 68.6 Å². The van der Waals surface area contributed by atoms with E-state index in [2.05, 4.69) is 18.5 Å². The lowest BCUT2D eigenvalue weighted by Gasteiger charge is -2.31. The van der Waals surface area contributed by atoms with E-state index >= 15 is 0 Å². The molecule has 0 bridgehead atoms. The van der Waals surface area contributed by atoms with Gasteiger partial charge < -0.3 is 5.73 Å². The number of hydrogen-bond donors (Lipinski definition) is 1. The van der Waals surface area contributed by atoms with E-state index < -0.39 is 0 Å². The molecule has 112 valence electrons.